The Hall–Kier alpha value is -2.76. The molecular formula is C30H35ClN2O2S. The zero-order chi connectivity index (χ0) is 25.9. The molecule has 2 atom stereocenters. The molecule has 0 aliphatic rings. The van der Waals surface area contributed by atoms with E-state index >= 15 is 0 Å². The summed E-state index contributed by atoms with van der Waals surface area (Å²) in [6.07, 6.45) is 1.28. The maximum absolute atomic E-state index is 13.7. The molecule has 0 saturated heterocycles. The molecule has 6 heteroatoms. The molecule has 2 amide bonds. The molecule has 0 saturated carbocycles. The van der Waals surface area contributed by atoms with E-state index < -0.39 is 6.04 Å². The SMILES string of the molecule is CC[C@@H](C)NC(=O)[C@@H](Cc1ccccc1)N(Cc1ccccc1C)C(=O)CSCc1ccccc1Cl. The molecule has 0 aliphatic heterocycles. The molecule has 3 aromatic carbocycles. The highest BCUT2D eigenvalue weighted by atomic mass is 35.5. The van der Waals surface area contributed by atoms with Crippen molar-refractivity contribution in [2.45, 2.75) is 58.0 Å². The first-order chi connectivity index (χ1) is 17.4. The summed E-state index contributed by atoms with van der Waals surface area (Å²) in [5.74, 6) is 0.715. The third kappa shape index (κ3) is 8.14. The average Bonchev–Trinajstić information content (AvgIpc) is 2.88. The van der Waals surface area contributed by atoms with Crippen molar-refractivity contribution in [3.63, 3.8) is 0 Å². The van der Waals surface area contributed by atoms with Gasteiger partial charge in [0.05, 0.1) is 5.75 Å². The molecule has 0 heterocycles. The van der Waals surface area contributed by atoms with Gasteiger partial charge in [-0.2, -0.15) is 0 Å². The van der Waals surface area contributed by atoms with Gasteiger partial charge in [-0.3, -0.25) is 9.59 Å². The Balaban J connectivity index is 1.87. The van der Waals surface area contributed by atoms with Gasteiger partial charge in [0.1, 0.15) is 6.04 Å². The second-order valence-corrected chi connectivity index (χ2v) is 10.4. The first kappa shape index (κ1) is 27.8. The Bertz CT molecular complexity index is 1140. The smallest absolute Gasteiger partial charge is 0.243 e. The fourth-order valence-corrected chi connectivity index (χ4v) is 5.11. The molecule has 0 unspecified atom stereocenters. The van der Waals surface area contributed by atoms with E-state index in [0.717, 1.165) is 28.7 Å². The van der Waals surface area contributed by atoms with Gasteiger partial charge < -0.3 is 10.2 Å². The monoisotopic (exact) mass is 522 g/mol. The molecule has 0 aromatic heterocycles. The third-order valence-electron chi connectivity index (χ3n) is 6.32. The van der Waals surface area contributed by atoms with E-state index in [1.165, 1.54) is 11.8 Å². The number of carbonyl (C=O) groups excluding carboxylic acids is 2. The van der Waals surface area contributed by atoms with Gasteiger partial charge in [0.2, 0.25) is 11.8 Å². The van der Waals surface area contributed by atoms with E-state index in [0.29, 0.717) is 23.7 Å². The van der Waals surface area contributed by atoms with Crippen LogP contribution in [0.4, 0.5) is 0 Å². The fraction of sp³-hybridized carbons (Fsp3) is 0.333. The van der Waals surface area contributed by atoms with Crippen molar-refractivity contribution in [2.75, 3.05) is 5.75 Å². The lowest BCUT2D eigenvalue weighted by atomic mass is 10.0. The van der Waals surface area contributed by atoms with Crippen LogP contribution in [-0.2, 0) is 28.3 Å². The second-order valence-electron chi connectivity index (χ2n) is 9.06. The van der Waals surface area contributed by atoms with E-state index in [2.05, 4.69) is 5.32 Å². The summed E-state index contributed by atoms with van der Waals surface area (Å²) in [4.78, 5) is 29.0. The number of nitrogens with zero attached hydrogens (tertiary/aromatic N) is 1. The quantitative estimate of drug-likeness (QED) is 0.298. The molecule has 3 aromatic rings. The minimum Gasteiger partial charge on any atom is -0.352 e. The Labute approximate surface area is 224 Å². The van der Waals surface area contributed by atoms with Crippen molar-refractivity contribution in [3.8, 4) is 0 Å². The number of halogens is 1. The molecule has 0 radical (unpaired) electrons. The maximum atomic E-state index is 13.7. The van der Waals surface area contributed by atoms with Gasteiger partial charge in [0.25, 0.3) is 0 Å². The first-order valence-electron chi connectivity index (χ1n) is 12.4. The predicted octanol–water partition coefficient (Wildman–Crippen LogP) is 6.44. The Kier molecular flexibility index (Phi) is 10.9. The van der Waals surface area contributed by atoms with Crippen molar-refractivity contribution >= 4 is 35.2 Å². The molecule has 0 spiro atoms. The highest BCUT2D eigenvalue weighted by Crippen LogP contribution is 2.23. The van der Waals surface area contributed by atoms with Gasteiger partial charge in [-0.15, -0.1) is 11.8 Å². The predicted molar refractivity (Wildman–Crippen MR) is 151 cm³/mol. The molecule has 0 aliphatic carbocycles. The number of hydrogen-bond donors (Lipinski definition) is 1. The van der Waals surface area contributed by atoms with Crippen LogP contribution in [0.3, 0.4) is 0 Å². The highest BCUT2D eigenvalue weighted by molar-refractivity contribution is 7.99. The summed E-state index contributed by atoms with van der Waals surface area (Å²) in [5.41, 5.74) is 4.15. The van der Waals surface area contributed by atoms with Crippen molar-refractivity contribution in [1.82, 2.24) is 10.2 Å². The third-order valence-corrected chi connectivity index (χ3v) is 7.65. The van der Waals surface area contributed by atoms with Crippen molar-refractivity contribution < 1.29 is 9.59 Å². The van der Waals surface area contributed by atoms with Crippen LogP contribution >= 0.6 is 23.4 Å². The number of carbonyl (C=O) groups is 2. The van der Waals surface area contributed by atoms with E-state index in [4.69, 9.17) is 11.6 Å². The van der Waals surface area contributed by atoms with E-state index in [9.17, 15) is 9.59 Å². The molecule has 0 fully saturated rings. The van der Waals surface area contributed by atoms with Crippen LogP contribution < -0.4 is 5.32 Å². The van der Waals surface area contributed by atoms with Crippen molar-refractivity contribution in [3.05, 3.63) is 106 Å². The minimum atomic E-state index is -0.616. The van der Waals surface area contributed by atoms with Gasteiger partial charge >= 0.3 is 0 Å². The van der Waals surface area contributed by atoms with Gasteiger partial charge in [-0.25, -0.2) is 0 Å². The lowest BCUT2D eigenvalue weighted by Crippen LogP contribution is -2.52. The maximum Gasteiger partial charge on any atom is 0.243 e. The Morgan fingerprint density at radius 1 is 0.944 bits per heavy atom. The van der Waals surface area contributed by atoms with Crippen LogP contribution in [0.2, 0.25) is 5.02 Å². The number of rotatable bonds is 12. The van der Waals surface area contributed by atoms with Gasteiger partial charge in [-0.05, 0) is 48.6 Å². The standard InChI is InChI=1S/C30H35ClN2O2S/c1-4-23(3)32-30(35)28(18-24-13-6-5-7-14-24)33(19-25-15-9-8-12-22(25)2)29(34)21-36-20-26-16-10-11-17-27(26)31/h5-17,23,28H,4,18-21H2,1-3H3,(H,32,35)/t23-,28-/m1/s1. The normalized spacial score (nSPS) is 12.6. The van der Waals surface area contributed by atoms with Crippen LogP contribution in [0, 0.1) is 6.92 Å². The van der Waals surface area contributed by atoms with Crippen LogP contribution in [0.5, 0.6) is 0 Å². The number of amides is 2. The van der Waals surface area contributed by atoms with Gasteiger partial charge in [0.15, 0.2) is 0 Å². The van der Waals surface area contributed by atoms with Gasteiger partial charge in [-0.1, -0.05) is 91.3 Å². The Morgan fingerprint density at radius 3 is 2.25 bits per heavy atom. The average molecular weight is 523 g/mol. The number of aryl methyl sites for hydroxylation is 1. The Morgan fingerprint density at radius 2 is 1.58 bits per heavy atom. The van der Waals surface area contributed by atoms with E-state index in [1.807, 2.05) is 99.6 Å². The summed E-state index contributed by atoms with van der Waals surface area (Å²) in [7, 11) is 0. The highest BCUT2D eigenvalue weighted by Gasteiger charge is 2.31. The minimum absolute atomic E-state index is 0.0285. The lowest BCUT2D eigenvalue weighted by Gasteiger charge is -2.32. The number of benzene rings is 3. The fourth-order valence-electron chi connectivity index (χ4n) is 3.91. The molecule has 0 bridgehead atoms. The summed E-state index contributed by atoms with van der Waals surface area (Å²) < 4.78 is 0. The van der Waals surface area contributed by atoms with Crippen LogP contribution in [0.1, 0.15) is 42.5 Å². The summed E-state index contributed by atoms with van der Waals surface area (Å²) >= 11 is 7.83. The van der Waals surface area contributed by atoms with Crippen LogP contribution in [0.15, 0.2) is 78.9 Å². The summed E-state index contributed by atoms with van der Waals surface area (Å²) in [6.45, 7) is 6.45. The molecule has 3 rings (SSSR count). The lowest BCUT2D eigenvalue weighted by molar-refractivity contribution is -0.139. The summed E-state index contributed by atoms with van der Waals surface area (Å²) in [6, 6.07) is 25.0. The number of nitrogens with one attached hydrogen (secondary N) is 1. The number of hydrogen-bond acceptors (Lipinski definition) is 3. The molecule has 4 nitrogen and oxygen atoms in total. The molecule has 1 N–H and O–H groups in total. The van der Waals surface area contributed by atoms with Crippen LogP contribution in [0.25, 0.3) is 0 Å². The van der Waals surface area contributed by atoms with Gasteiger partial charge in [0, 0.05) is 29.8 Å². The molecular weight excluding hydrogens is 488 g/mol. The molecule has 36 heavy (non-hydrogen) atoms. The second kappa shape index (κ2) is 14.1. The summed E-state index contributed by atoms with van der Waals surface area (Å²) in [5, 5.41) is 3.82. The zero-order valence-electron chi connectivity index (χ0n) is 21.2. The molecule has 190 valence electrons. The van der Waals surface area contributed by atoms with Crippen molar-refractivity contribution in [2.24, 2.45) is 0 Å². The largest absolute Gasteiger partial charge is 0.352 e. The van der Waals surface area contributed by atoms with E-state index in [1.54, 1.807) is 4.90 Å². The zero-order valence-corrected chi connectivity index (χ0v) is 22.8. The van der Waals surface area contributed by atoms with Crippen LogP contribution in [-0.4, -0.2) is 34.6 Å². The van der Waals surface area contributed by atoms with Crippen molar-refractivity contribution in [1.29, 1.82) is 0 Å². The topological polar surface area (TPSA) is 49.4 Å². The number of thioether (sulfide) groups is 1. The van der Waals surface area contributed by atoms with E-state index in [-0.39, 0.29) is 23.6 Å². The first-order valence-corrected chi connectivity index (χ1v) is 13.9.